The van der Waals surface area contributed by atoms with Crippen LogP contribution >= 0.6 is 0 Å². The van der Waals surface area contributed by atoms with E-state index in [0.717, 1.165) is 18.7 Å². The van der Waals surface area contributed by atoms with Gasteiger partial charge in [-0.15, -0.1) is 0 Å². The maximum Gasteiger partial charge on any atom is 0.321 e. The first-order valence-corrected chi connectivity index (χ1v) is 7.55. The number of nitrogens with zero attached hydrogens (tertiary/aromatic N) is 3. The molecule has 3 rings (SSSR count). The van der Waals surface area contributed by atoms with Crippen LogP contribution in [0.3, 0.4) is 0 Å². The van der Waals surface area contributed by atoms with Crippen LogP contribution in [0.4, 0.5) is 0 Å². The third-order valence-electron chi connectivity index (χ3n) is 4.91. The Balaban J connectivity index is 1.79. The van der Waals surface area contributed by atoms with Gasteiger partial charge in [-0.3, -0.25) is 9.69 Å². The average Bonchev–Trinajstić information content (AvgIpc) is 3.02. The Morgan fingerprint density at radius 3 is 3.00 bits per heavy atom. The number of aromatic nitrogens is 2. The second-order valence-electron chi connectivity index (χ2n) is 6.45. The zero-order valence-electron chi connectivity index (χ0n) is 12.2. The summed E-state index contributed by atoms with van der Waals surface area (Å²) in [6, 6.07) is 0.0518. The lowest BCUT2D eigenvalue weighted by Crippen LogP contribution is -2.39. The molecule has 0 spiro atoms. The minimum atomic E-state index is -0.657. The van der Waals surface area contributed by atoms with Gasteiger partial charge < -0.3 is 9.67 Å². The smallest absolute Gasteiger partial charge is 0.321 e. The number of imidazole rings is 1. The van der Waals surface area contributed by atoms with E-state index in [4.69, 9.17) is 0 Å². The SMILES string of the molecule is CC(C)n1cncc1CN1CC2CCCC2C1C(=O)O. The third kappa shape index (κ3) is 2.24. The first-order chi connectivity index (χ1) is 9.58. The molecule has 5 nitrogen and oxygen atoms in total. The van der Waals surface area contributed by atoms with E-state index in [0.29, 0.717) is 24.4 Å². The summed E-state index contributed by atoms with van der Waals surface area (Å²) >= 11 is 0. The monoisotopic (exact) mass is 277 g/mol. The average molecular weight is 277 g/mol. The number of carboxylic acid groups (broad SMARTS) is 1. The predicted molar refractivity (Wildman–Crippen MR) is 75.3 cm³/mol. The molecular weight excluding hydrogens is 254 g/mol. The molecule has 0 radical (unpaired) electrons. The fourth-order valence-corrected chi connectivity index (χ4v) is 4.02. The van der Waals surface area contributed by atoms with Gasteiger partial charge in [-0.25, -0.2) is 4.98 Å². The van der Waals surface area contributed by atoms with Crippen LogP contribution in [-0.4, -0.2) is 38.1 Å². The van der Waals surface area contributed by atoms with Crippen LogP contribution in [0, 0.1) is 11.8 Å². The van der Waals surface area contributed by atoms with E-state index in [1.165, 1.54) is 12.8 Å². The lowest BCUT2D eigenvalue weighted by Gasteiger charge is -2.25. The number of hydrogen-bond acceptors (Lipinski definition) is 3. The molecule has 20 heavy (non-hydrogen) atoms. The minimum Gasteiger partial charge on any atom is -0.480 e. The Labute approximate surface area is 119 Å². The zero-order valence-corrected chi connectivity index (χ0v) is 12.2. The third-order valence-corrected chi connectivity index (χ3v) is 4.91. The van der Waals surface area contributed by atoms with Gasteiger partial charge in [-0.2, -0.15) is 0 Å². The van der Waals surface area contributed by atoms with E-state index < -0.39 is 5.97 Å². The van der Waals surface area contributed by atoms with Crippen LogP contribution in [0.1, 0.15) is 44.8 Å². The van der Waals surface area contributed by atoms with Crippen LogP contribution in [-0.2, 0) is 11.3 Å². The fourth-order valence-electron chi connectivity index (χ4n) is 4.02. The molecule has 2 aliphatic rings. The van der Waals surface area contributed by atoms with Gasteiger partial charge in [-0.05, 0) is 38.5 Å². The van der Waals surface area contributed by atoms with Crippen molar-refractivity contribution >= 4 is 5.97 Å². The number of carbonyl (C=O) groups is 1. The maximum absolute atomic E-state index is 11.6. The molecule has 0 amide bonds. The number of likely N-dealkylation sites (tertiary alicyclic amines) is 1. The molecule has 2 heterocycles. The molecule has 110 valence electrons. The first-order valence-electron chi connectivity index (χ1n) is 7.55. The lowest BCUT2D eigenvalue weighted by molar-refractivity contribution is -0.143. The second-order valence-corrected chi connectivity index (χ2v) is 6.45. The maximum atomic E-state index is 11.6. The van der Waals surface area contributed by atoms with E-state index in [-0.39, 0.29) is 6.04 Å². The van der Waals surface area contributed by atoms with Gasteiger partial charge in [0.05, 0.1) is 12.0 Å². The normalized spacial score (nSPS) is 30.1. The van der Waals surface area contributed by atoms with Crippen molar-refractivity contribution in [2.75, 3.05) is 6.54 Å². The molecule has 1 saturated carbocycles. The summed E-state index contributed by atoms with van der Waals surface area (Å²) in [5.41, 5.74) is 1.12. The summed E-state index contributed by atoms with van der Waals surface area (Å²) in [6.07, 6.45) is 7.16. The molecular formula is C15H23N3O2. The molecule has 1 aliphatic heterocycles. The van der Waals surface area contributed by atoms with Crippen molar-refractivity contribution in [3.63, 3.8) is 0 Å². The molecule has 5 heteroatoms. The van der Waals surface area contributed by atoms with Crippen LogP contribution in [0.15, 0.2) is 12.5 Å². The molecule has 3 atom stereocenters. The molecule has 0 aromatic carbocycles. The first kappa shape index (κ1) is 13.6. The molecule has 1 N–H and O–H groups in total. The number of hydrogen-bond donors (Lipinski definition) is 1. The molecule has 1 aliphatic carbocycles. The van der Waals surface area contributed by atoms with Crippen LogP contribution in [0.2, 0.25) is 0 Å². The Hall–Kier alpha value is -1.36. The number of aliphatic carboxylic acids is 1. The van der Waals surface area contributed by atoms with Crippen LogP contribution in [0.25, 0.3) is 0 Å². The highest BCUT2D eigenvalue weighted by atomic mass is 16.4. The van der Waals surface area contributed by atoms with Crippen LogP contribution < -0.4 is 0 Å². The van der Waals surface area contributed by atoms with Crippen molar-refractivity contribution in [3.8, 4) is 0 Å². The number of carboxylic acids is 1. The highest BCUT2D eigenvalue weighted by Gasteiger charge is 2.47. The molecule has 1 saturated heterocycles. The molecule has 1 aromatic rings. The Kier molecular flexibility index (Phi) is 3.54. The number of rotatable bonds is 4. The Morgan fingerprint density at radius 1 is 1.50 bits per heavy atom. The van der Waals surface area contributed by atoms with E-state index in [9.17, 15) is 9.90 Å². The van der Waals surface area contributed by atoms with E-state index in [1.54, 1.807) is 0 Å². The van der Waals surface area contributed by atoms with Gasteiger partial charge in [0.2, 0.25) is 0 Å². The molecule has 0 bridgehead atoms. The summed E-state index contributed by atoms with van der Waals surface area (Å²) in [4.78, 5) is 18.0. The fraction of sp³-hybridized carbons (Fsp3) is 0.733. The highest BCUT2D eigenvalue weighted by molar-refractivity contribution is 5.74. The summed E-state index contributed by atoms with van der Waals surface area (Å²) < 4.78 is 2.13. The topological polar surface area (TPSA) is 58.4 Å². The van der Waals surface area contributed by atoms with Crippen molar-refractivity contribution < 1.29 is 9.90 Å². The standard InChI is InChI=1S/C15H23N3O2/c1-10(2)18-9-16-6-12(18)8-17-7-11-4-3-5-13(11)14(17)15(19)20/h6,9-11,13-14H,3-5,7-8H2,1-2H3,(H,19,20). The van der Waals surface area contributed by atoms with Gasteiger partial charge >= 0.3 is 5.97 Å². The van der Waals surface area contributed by atoms with Gasteiger partial charge in [-0.1, -0.05) is 6.42 Å². The van der Waals surface area contributed by atoms with E-state index in [2.05, 4.69) is 28.3 Å². The van der Waals surface area contributed by atoms with Crippen molar-refractivity contribution in [2.24, 2.45) is 11.8 Å². The van der Waals surface area contributed by atoms with Gasteiger partial charge in [0, 0.05) is 25.3 Å². The predicted octanol–water partition coefficient (Wildman–Crippen LogP) is 2.15. The summed E-state index contributed by atoms with van der Waals surface area (Å²) in [6.45, 7) is 5.87. The second kappa shape index (κ2) is 5.20. The lowest BCUT2D eigenvalue weighted by atomic mass is 9.94. The largest absolute Gasteiger partial charge is 0.480 e. The van der Waals surface area contributed by atoms with Crippen molar-refractivity contribution in [2.45, 2.75) is 51.7 Å². The van der Waals surface area contributed by atoms with Gasteiger partial charge in [0.15, 0.2) is 0 Å². The molecule has 1 aromatic heterocycles. The van der Waals surface area contributed by atoms with Crippen molar-refractivity contribution in [1.82, 2.24) is 14.5 Å². The van der Waals surface area contributed by atoms with Gasteiger partial charge in [0.1, 0.15) is 6.04 Å². The summed E-state index contributed by atoms with van der Waals surface area (Å²) in [5, 5.41) is 9.57. The minimum absolute atomic E-state index is 0.307. The quantitative estimate of drug-likeness (QED) is 0.916. The highest BCUT2D eigenvalue weighted by Crippen LogP contribution is 2.42. The van der Waals surface area contributed by atoms with E-state index >= 15 is 0 Å². The zero-order chi connectivity index (χ0) is 14.3. The Bertz CT molecular complexity index is 497. The molecule has 3 unspecified atom stereocenters. The molecule has 2 fully saturated rings. The summed E-state index contributed by atoms with van der Waals surface area (Å²) in [7, 11) is 0. The van der Waals surface area contributed by atoms with Crippen LogP contribution in [0.5, 0.6) is 0 Å². The summed E-state index contributed by atoms with van der Waals surface area (Å²) in [5.74, 6) is 0.268. The van der Waals surface area contributed by atoms with Gasteiger partial charge in [0.25, 0.3) is 0 Å². The van der Waals surface area contributed by atoms with Crippen molar-refractivity contribution in [1.29, 1.82) is 0 Å². The van der Waals surface area contributed by atoms with E-state index in [1.807, 2.05) is 12.5 Å². The number of fused-ring (bicyclic) bond motifs is 1. The Morgan fingerprint density at radius 2 is 2.30 bits per heavy atom. The van der Waals surface area contributed by atoms with Crippen molar-refractivity contribution in [3.05, 3.63) is 18.2 Å².